The van der Waals surface area contributed by atoms with Crippen LogP contribution in [0.15, 0.2) is 103 Å². The minimum absolute atomic E-state index is 0.00560. The molecule has 0 spiro atoms. The van der Waals surface area contributed by atoms with Gasteiger partial charge in [-0.25, -0.2) is 0 Å². The van der Waals surface area contributed by atoms with Crippen molar-refractivity contribution in [2.45, 2.75) is 76.9 Å². The van der Waals surface area contributed by atoms with Crippen molar-refractivity contribution < 1.29 is 27.5 Å². The molecule has 0 bridgehead atoms. The Morgan fingerprint density at radius 1 is 0.833 bits per heavy atom. The Labute approximate surface area is 285 Å². The van der Waals surface area contributed by atoms with Crippen molar-refractivity contribution in [3.63, 3.8) is 0 Å². The van der Waals surface area contributed by atoms with Gasteiger partial charge in [-0.2, -0.15) is 8.78 Å². The molecule has 0 radical (unpaired) electrons. The summed E-state index contributed by atoms with van der Waals surface area (Å²) in [5.74, 6) is -2.10. The molecule has 4 aromatic rings. The molecular formula is C39H48F2N2O4Si. The quantitative estimate of drug-likeness (QED) is 0.0863. The fourth-order valence-electron chi connectivity index (χ4n) is 4.94. The summed E-state index contributed by atoms with van der Waals surface area (Å²) < 4.78 is 47.5. The standard InChI is InChI=1S/C39H48F2N2O4Si/c1-29(23-30-17-20-34(21-18-30)46-27-39(40,41)33-15-11-8-12-16-33)42-25-37(47-48(5,6)38(2,3)4)32-19-22-36(35(24-32)43-28-44)45-26-31-13-9-7-10-14-31/h7-22,24,28-29,37,42H,23,25-27H2,1-6H3,(H,43,44)/t29-,37+/m1/s1. The summed E-state index contributed by atoms with van der Waals surface area (Å²) in [4.78, 5) is 11.5. The van der Waals surface area contributed by atoms with Crippen LogP contribution in [0, 0.1) is 0 Å². The number of ether oxygens (including phenoxy) is 2. The van der Waals surface area contributed by atoms with Crippen molar-refractivity contribution >= 4 is 20.4 Å². The van der Waals surface area contributed by atoms with Crippen LogP contribution >= 0.6 is 0 Å². The number of hydrogen-bond acceptors (Lipinski definition) is 5. The van der Waals surface area contributed by atoms with Crippen LogP contribution in [0.3, 0.4) is 0 Å². The zero-order valence-electron chi connectivity index (χ0n) is 28.8. The van der Waals surface area contributed by atoms with Gasteiger partial charge in [0.05, 0.1) is 11.8 Å². The van der Waals surface area contributed by atoms with Crippen LogP contribution < -0.4 is 20.1 Å². The molecule has 9 heteroatoms. The van der Waals surface area contributed by atoms with Crippen molar-refractivity contribution in [3.05, 3.63) is 125 Å². The van der Waals surface area contributed by atoms with Gasteiger partial charge in [-0.05, 0) is 72.4 Å². The molecule has 1 amide bonds. The van der Waals surface area contributed by atoms with Crippen LogP contribution in [-0.2, 0) is 28.2 Å². The van der Waals surface area contributed by atoms with Crippen molar-refractivity contribution in [2.75, 3.05) is 18.5 Å². The average Bonchev–Trinajstić information content (AvgIpc) is 3.06. The van der Waals surface area contributed by atoms with Gasteiger partial charge < -0.3 is 24.5 Å². The number of benzene rings is 4. The van der Waals surface area contributed by atoms with E-state index in [0.717, 1.165) is 23.1 Å². The number of hydrogen-bond donors (Lipinski definition) is 2. The number of rotatable bonds is 17. The number of anilines is 1. The summed E-state index contributed by atoms with van der Waals surface area (Å²) in [5.41, 5.74) is 3.53. The largest absolute Gasteiger partial charge is 0.487 e. The van der Waals surface area contributed by atoms with Gasteiger partial charge >= 0.3 is 5.92 Å². The maximum atomic E-state index is 14.5. The van der Waals surface area contributed by atoms with Crippen LogP contribution in [0.2, 0.25) is 18.1 Å². The Morgan fingerprint density at radius 3 is 2.10 bits per heavy atom. The molecule has 6 nitrogen and oxygen atoms in total. The molecule has 4 aromatic carbocycles. The van der Waals surface area contributed by atoms with Gasteiger partial charge in [-0.1, -0.05) is 99.6 Å². The Morgan fingerprint density at radius 2 is 1.48 bits per heavy atom. The van der Waals surface area contributed by atoms with E-state index < -0.39 is 20.8 Å². The molecule has 0 unspecified atom stereocenters. The van der Waals surface area contributed by atoms with Gasteiger partial charge in [0.1, 0.15) is 18.1 Å². The molecule has 4 rings (SSSR count). The molecule has 48 heavy (non-hydrogen) atoms. The predicted octanol–water partition coefficient (Wildman–Crippen LogP) is 9.29. The van der Waals surface area contributed by atoms with Crippen LogP contribution in [0.1, 0.15) is 56.1 Å². The Bertz CT molecular complexity index is 1580. The van der Waals surface area contributed by atoms with Crippen molar-refractivity contribution in [2.24, 2.45) is 0 Å². The maximum Gasteiger partial charge on any atom is 0.306 e. The fourth-order valence-corrected chi connectivity index (χ4v) is 6.22. The first kappa shape index (κ1) is 36.8. The van der Waals surface area contributed by atoms with E-state index in [-0.39, 0.29) is 22.7 Å². The third-order valence-corrected chi connectivity index (χ3v) is 13.3. The SMILES string of the molecule is C[C@H](Cc1ccc(OCC(F)(F)c2ccccc2)cc1)NC[C@H](O[Si](C)(C)C(C)(C)C)c1ccc(OCc2ccccc2)c(NC=O)c1. The maximum absolute atomic E-state index is 14.5. The number of carbonyl (C=O) groups is 1. The Kier molecular flexibility index (Phi) is 12.5. The van der Waals surface area contributed by atoms with E-state index in [2.05, 4.69) is 51.4 Å². The minimum atomic E-state index is -3.08. The smallest absolute Gasteiger partial charge is 0.306 e. The molecule has 2 atom stereocenters. The van der Waals surface area contributed by atoms with Crippen LogP contribution in [0.25, 0.3) is 0 Å². The highest BCUT2D eigenvalue weighted by Crippen LogP contribution is 2.40. The van der Waals surface area contributed by atoms with Gasteiger partial charge in [0.2, 0.25) is 6.41 Å². The average molecular weight is 675 g/mol. The zero-order valence-corrected chi connectivity index (χ0v) is 29.8. The minimum Gasteiger partial charge on any atom is -0.487 e. The van der Waals surface area contributed by atoms with Gasteiger partial charge in [0, 0.05) is 18.2 Å². The number of alkyl halides is 2. The van der Waals surface area contributed by atoms with E-state index >= 15 is 0 Å². The molecule has 0 aliphatic rings. The van der Waals surface area contributed by atoms with Crippen molar-refractivity contribution in [1.82, 2.24) is 5.32 Å². The van der Waals surface area contributed by atoms with E-state index in [0.29, 0.717) is 36.7 Å². The molecule has 0 aliphatic heterocycles. The second-order valence-corrected chi connectivity index (χ2v) is 18.4. The topological polar surface area (TPSA) is 68.8 Å². The Hall–Kier alpha value is -4.05. The molecule has 0 saturated carbocycles. The third kappa shape index (κ3) is 10.5. The lowest BCUT2D eigenvalue weighted by molar-refractivity contribution is -0.105. The zero-order chi connectivity index (χ0) is 34.8. The molecule has 0 aromatic heterocycles. The van der Waals surface area contributed by atoms with E-state index in [1.165, 1.54) is 12.1 Å². The highest BCUT2D eigenvalue weighted by atomic mass is 28.4. The monoisotopic (exact) mass is 674 g/mol. The van der Waals surface area contributed by atoms with Gasteiger partial charge in [-0.3, -0.25) is 4.79 Å². The first-order valence-corrected chi connectivity index (χ1v) is 19.3. The molecule has 0 aliphatic carbocycles. The summed E-state index contributed by atoms with van der Waals surface area (Å²) in [6.07, 6.45) is 1.10. The van der Waals surface area contributed by atoms with Gasteiger partial charge in [0.25, 0.3) is 0 Å². The van der Waals surface area contributed by atoms with E-state index in [9.17, 15) is 13.6 Å². The molecule has 2 N–H and O–H groups in total. The molecule has 0 heterocycles. The Balaban J connectivity index is 1.42. The van der Waals surface area contributed by atoms with E-state index in [1.54, 1.807) is 30.3 Å². The normalized spacial score (nSPS) is 13.4. The summed E-state index contributed by atoms with van der Waals surface area (Å²) in [5, 5.41) is 6.44. The van der Waals surface area contributed by atoms with Gasteiger partial charge in [-0.15, -0.1) is 0 Å². The van der Waals surface area contributed by atoms with Crippen LogP contribution in [0.4, 0.5) is 14.5 Å². The first-order chi connectivity index (χ1) is 22.8. The summed E-state index contributed by atoms with van der Waals surface area (Å²) in [7, 11) is -2.18. The lowest BCUT2D eigenvalue weighted by Crippen LogP contribution is -2.44. The third-order valence-electron chi connectivity index (χ3n) is 8.80. The second kappa shape index (κ2) is 16.4. The van der Waals surface area contributed by atoms with E-state index in [4.69, 9.17) is 13.9 Å². The molecule has 0 fully saturated rings. The lowest BCUT2D eigenvalue weighted by atomic mass is 10.1. The number of nitrogens with one attached hydrogen (secondary N) is 2. The van der Waals surface area contributed by atoms with Crippen molar-refractivity contribution in [1.29, 1.82) is 0 Å². The molecule has 256 valence electrons. The fraction of sp³-hybridized carbons (Fsp3) is 0.359. The summed E-state index contributed by atoms with van der Waals surface area (Å²) in [6, 6.07) is 30.8. The van der Waals surface area contributed by atoms with Crippen LogP contribution in [0.5, 0.6) is 11.5 Å². The summed E-state index contributed by atoms with van der Waals surface area (Å²) >= 11 is 0. The number of carbonyl (C=O) groups excluding carboxylic acids is 1. The highest BCUT2D eigenvalue weighted by molar-refractivity contribution is 6.74. The van der Waals surface area contributed by atoms with Crippen molar-refractivity contribution in [3.8, 4) is 11.5 Å². The van der Waals surface area contributed by atoms with Gasteiger partial charge in [0.15, 0.2) is 14.9 Å². The number of amides is 1. The number of halogens is 2. The predicted molar refractivity (Wildman–Crippen MR) is 191 cm³/mol. The first-order valence-electron chi connectivity index (χ1n) is 16.3. The molecule has 0 saturated heterocycles. The highest BCUT2D eigenvalue weighted by Gasteiger charge is 2.39. The summed E-state index contributed by atoms with van der Waals surface area (Å²) in [6.45, 7) is 13.4. The van der Waals surface area contributed by atoms with E-state index in [1.807, 2.05) is 60.7 Å². The van der Waals surface area contributed by atoms with Crippen LogP contribution in [-0.4, -0.2) is 33.9 Å². The molecular weight excluding hydrogens is 627 g/mol. The second-order valence-electron chi connectivity index (χ2n) is 13.7. The lowest BCUT2D eigenvalue weighted by Gasteiger charge is -2.40.